The minimum absolute atomic E-state index is 0.0174. The Balaban J connectivity index is 1.90. The van der Waals surface area contributed by atoms with Crippen LogP contribution >= 0.6 is 0 Å². The van der Waals surface area contributed by atoms with E-state index in [1.807, 2.05) is 37.3 Å². The Hall–Kier alpha value is -3.15. The van der Waals surface area contributed by atoms with E-state index in [4.69, 9.17) is 4.74 Å². The van der Waals surface area contributed by atoms with Gasteiger partial charge in [-0.25, -0.2) is 5.43 Å². The van der Waals surface area contributed by atoms with Crippen LogP contribution in [0.5, 0.6) is 5.75 Å². The van der Waals surface area contributed by atoms with Crippen molar-refractivity contribution in [3.05, 3.63) is 60.2 Å². The van der Waals surface area contributed by atoms with Gasteiger partial charge in [0.1, 0.15) is 5.75 Å². The number of para-hydroxylation sites is 2. The molecule has 0 saturated carbocycles. The maximum absolute atomic E-state index is 11.9. The van der Waals surface area contributed by atoms with E-state index < -0.39 is 11.8 Å². The molecule has 0 aliphatic rings. The highest BCUT2D eigenvalue weighted by atomic mass is 16.5. The highest BCUT2D eigenvalue weighted by Gasteiger charge is 2.15. The van der Waals surface area contributed by atoms with Gasteiger partial charge in [-0.3, -0.25) is 9.59 Å². The molecule has 2 N–H and O–H groups in total. The summed E-state index contributed by atoms with van der Waals surface area (Å²) in [6, 6.07) is 16.5. The molecule has 0 spiro atoms. The normalized spacial score (nSPS) is 11.8. The summed E-state index contributed by atoms with van der Waals surface area (Å²) in [4.78, 5) is 23.7. The van der Waals surface area contributed by atoms with Gasteiger partial charge in [0.2, 0.25) is 0 Å². The van der Waals surface area contributed by atoms with E-state index >= 15 is 0 Å². The average Bonchev–Trinajstić information content (AvgIpc) is 2.62. The fourth-order valence-electron chi connectivity index (χ4n) is 2.03. The number of nitrogens with zero attached hydrogens (tertiary/aromatic N) is 1. The van der Waals surface area contributed by atoms with Crippen LogP contribution in [-0.2, 0) is 9.59 Å². The maximum atomic E-state index is 11.9. The number of hydrogen-bond donors (Lipinski definition) is 2. The van der Waals surface area contributed by atoms with E-state index in [1.54, 1.807) is 30.5 Å². The fourth-order valence-corrected chi connectivity index (χ4v) is 2.03. The number of amides is 2. The van der Waals surface area contributed by atoms with Gasteiger partial charge in [-0.2, -0.15) is 5.10 Å². The molecule has 2 rings (SSSR count). The van der Waals surface area contributed by atoms with Crippen LogP contribution in [0.1, 0.15) is 18.4 Å². The Morgan fingerprint density at radius 3 is 2.42 bits per heavy atom. The van der Waals surface area contributed by atoms with Gasteiger partial charge in [-0.05, 0) is 17.7 Å². The number of benzene rings is 2. The molecule has 124 valence electrons. The molecule has 0 heterocycles. The first-order valence-corrected chi connectivity index (χ1v) is 7.44. The first-order chi connectivity index (χ1) is 11.6. The van der Waals surface area contributed by atoms with Gasteiger partial charge in [-0.15, -0.1) is 0 Å². The van der Waals surface area contributed by atoms with Gasteiger partial charge in [0, 0.05) is 12.1 Å². The van der Waals surface area contributed by atoms with Crippen molar-refractivity contribution in [2.75, 3.05) is 12.4 Å². The van der Waals surface area contributed by atoms with Crippen LogP contribution in [0.4, 0.5) is 5.69 Å². The predicted octanol–water partition coefficient (Wildman–Crippen LogP) is 2.54. The quantitative estimate of drug-likeness (QED) is 0.504. The molecule has 6 heteroatoms. The number of carbonyl (C=O) groups excluding carboxylic acids is 2. The fraction of sp³-hybridized carbons (Fsp3) is 0.167. The topological polar surface area (TPSA) is 79.8 Å². The number of hydrogen-bond acceptors (Lipinski definition) is 4. The third-order valence-corrected chi connectivity index (χ3v) is 3.35. The summed E-state index contributed by atoms with van der Waals surface area (Å²) in [5.41, 5.74) is 3.70. The summed E-state index contributed by atoms with van der Waals surface area (Å²) in [7, 11) is 1.49. The number of rotatable bonds is 5. The Labute approximate surface area is 140 Å². The lowest BCUT2D eigenvalue weighted by Gasteiger charge is -2.09. The summed E-state index contributed by atoms with van der Waals surface area (Å²) in [5, 5.41) is 6.32. The van der Waals surface area contributed by atoms with Crippen LogP contribution < -0.4 is 15.5 Å². The van der Waals surface area contributed by atoms with Gasteiger partial charge < -0.3 is 10.1 Å². The Morgan fingerprint density at radius 1 is 1.04 bits per heavy atom. The van der Waals surface area contributed by atoms with Gasteiger partial charge in [0.15, 0.2) is 0 Å². The Morgan fingerprint density at radius 2 is 1.71 bits per heavy atom. The molecule has 24 heavy (non-hydrogen) atoms. The van der Waals surface area contributed by atoms with Crippen LogP contribution in [0.2, 0.25) is 0 Å². The van der Waals surface area contributed by atoms with Crippen molar-refractivity contribution in [3.63, 3.8) is 0 Å². The Bertz CT molecular complexity index is 729. The summed E-state index contributed by atoms with van der Waals surface area (Å²) < 4.78 is 5.11. The third kappa shape index (κ3) is 4.67. The second kappa shape index (κ2) is 8.47. The lowest BCUT2D eigenvalue weighted by Crippen LogP contribution is -2.32. The van der Waals surface area contributed by atoms with Gasteiger partial charge in [-0.1, -0.05) is 49.4 Å². The second-order valence-corrected chi connectivity index (χ2v) is 5.07. The first-order valence-electron chi connectivity index (χ1n) is 7.44. The molecular formula is C18H19N3O3. The maximum Gasteiger partial charge on any atom is 0.329 e. The highest BCUT2D eigenvalue weighted by Crippen LogP contribution is 2.22. The zero-order valence-corrected chi connectivity index (χ0v) is 13.5. The van der Waals surface area contributed by atoms with Gasteiger partial charge in [0.25, 0.3) is 0 Å². The molecule has 2 aromatic carbocycles. The van der Waals surface area contributed by atoms with Crippen molar-refractivity contribution in [1.29, 1.82) is 0 Å². The molecule has 2 aromatic rings. The smallest absolute Gasteiger partial charge is 0.329 e. The molecule has 0 bridgehead atoms. The van der Waals surface area contributed by atoms with E-state index in [1.165, 1.54) is 7.11 Å². The number of ether oxygens (including phenoxy) is 1. The lowest BCUT2D eigenvalue weighted by molar-refractivity contribution is -0.136. The molecule has 6 nitrogen and oxygen atoms in total. The van der Waals surface area contributed by atoms with Crippen LogP contribution in [0.3, 0.4) is 0 Å². The molecule has 2 amide bonds. The van der Waals surface area contributed by atoms with Crippen molar-refractivity contribution >= 4 is 23.7 Å². The van der Waals surface area contributed by atoms with Crippen LogP contribution in [0.25, 0.3) is 0 Å². The van der Waals surface area contributed by atoms with Crippen molar-refractivity contribution in [3.8, 4) is 5.75 Å². The molecule has 0 aliphatic heterocycles. The first kappa shape index (κ1) is 17.2. The van der Waals surface area contributed by atoms with Crippen LogP contribution in [0.15, 0.2) is 59.7 Å². The zero-order valence-electron chi connectivity index (χ0n) is 13.5. The van der Waals surface area contributed by atoms with Gasteiger partial charge in [0.05, 0.1) is 12.8 Å². The molecule has 1 atom stereocenters. The van der Waals surface area contributed by atoms with E-state index in [0.29, 0.717) is 11.4 Å². The summed E-state index contributed by atoms with van der Waals surface area (Å²) in [5.74, 6) is -1.18. The van der Waals surface area contributed by atoms with Crippen molar-refractivity contribution in [2.45, 2.75) is 12.8 Å². The molecule has 0 radical (unpaired) electrons. The molecule has 0 saturated heterocycles. The van der Waals surface area contributed by atoms with Crippen molar-refractivity contribution in [2.24, 2.45) is 5.10 Å². The summed E-state index contributed by atoms with van der Waals surface area (Å²) in [6.45, 7) is 1.94. The predicted molar refractivity (Wildman–Crippen MR) is 93.1 cm³/mol. The third-order valence-electron chi connectivity index (χ3n) is 3.35. The molecule has 0 aliphatic carbocycles. The van der Waals surface area contributed by atoms with E-state index in [-0.39, 0.29) is 5.92 Å². The molecule has 0 fully saturated rings. The average molecular weight is 325 g/mol. The lowest BCUT2D eigenvalue weighted by atomic mass is 10.0. The van der Waals surface area contributed by atoms with Crippen LogP contribution in [-0.4, -0.2) is 25.1 Å². The van der Waals surface area contributed by atoms with Crippen LogP contribution in [0, 0.1) is 0 Å². The minimum atomic E-state index is -0.850. The molecular weight excluding hydrogens is 306 g/mol. The van der Waals surface area contributed by atoms with Crippen molar-refractivity contribution in [1.82, 2.24) is 5.43 Å². The number of nitrogens with one attached hydrogen (secondary N) is 2. The Kier molecular flexibility index (Phi) is 6.08. The largest absolute Gasteiger partial charge is 0.495 e. The SMILES string of the molecule is COc1ccccc1NC(=O)C(=O)N/N=C/C(C)c1ccccc1. The highest BCUT2D eigenvalue weighted by molar-refractivity contribution is 6.39. The number of hydrazone groups is 1. The number of carbonyl (C=O) groups is 2. The molecule has 1 unspecified atom stereocenters. The second-order valence-electron chi connectivity index (χ2n) is 5.07. The summed E-state index contributed by atoms with van der Waals surface area (Å²) in [6.07, 6.45) is 1.57. The summed E-state index contributed by atoms with van der Waals surface area (Å²) >= 11 is 0. The van der Waals surface area contributed by atoms with Gasteiger partial charge >= 0.3 is 11.8 Å². The molecule has 0 aromatic heterocycles. The zero-order chi connectivity index (χ0) is 17.4. The number of methoxy groups -OCH3 is 1. The number of anilines is 1. The monoisotopic (exact) mass is 325 g/mol. The van der Waals surface area contributed by atoms with E-state index in [0.717, 1.165) is 5.56 Å². The van der Waals surface area contributed by atoms with Crippen molar-refractivity contribution < 1.29 is 14.3 Å². The minimum Gasteiger partial charge on any atom is -0.495 e. The standard InChI is InChI=1S/C18H19N3O3/c1-13(14-8-4-3-5-9-14)12-19-21-18(23)17(22)20-15-10-6-7-11-16(15)24-2/h3-13H,1-2H3,(H,20,22)(H,21,23)/b19-12+. The van der Waals surface area contributed by atoms with E-state index in [9.17, 15) is 9.59 Å². The van der Waals surface area contributed by atoms with E-state index in [2.05, 4.69) is 15.8 Å².